The molecule has 4 aliphatic rings. The minimum Gasteiger partial charge on any atom is -0.492 e. The van der Waals surface area contributed by atoms with Gasteiger partial charge in [-0.2, -0.15) is 10.4 Å². The molecule has 5 aromatic rings. The van der Waals surface area contributed by atoms with Gasteiger partial charge in [-0.3, -0.25) is 29.3 Å². The maximum absolute atomic E-state index is 14.9. The van der Waals surface area contributed by atoms with Crippen LogP contribution >= 0.6 is 0 Å². The maximum Gasteiger partial charge on any atom is 0.255 e. The van der Waals surface area contributed by atoms with Gasteiger partial charge in [0.05, 0.1) is 41.2 Å². The molecule has 16 nitrogen and oxygen atoms in total. The Morgan fingerprint density at radius 3 is 2.47 bits per heavy atom. The van der Waals surface area contributed by atoms with E-state index in [2.05, 4.69) is 37.7 Å². The van der Waals surface area contributed by atoms with Crippen molar-refractivity contribution in [3.8, 4) is 22.9 Å². The Hall–Kier alpha value is -7.26. The van der Waals surface area contributed by atoms with Gasteiger partial charge >= 0.3 is 0 Å². The first-order valence-electron chi connectivity index (χ1n) is 25.1. The topological polar surface area (TPSA) is 186 Å². The van der Waals surface area contributed by atoms with Crippen molar-refractivity contribution in [2.75, 3.05) is 57.8 Å². The van der Waals surface area contributed by atoms with E-state index >= 15 is 0 Å². The van der Waals surface area contributed by atoms with E-state index < -0.39 is 40.6 Å². The number of anilines is 1. The Morgan fingerprint density at radius 1 is 0.944 bits per heavy atom. The molecular formula is C54H60F2N10O6. The lowest BCUT2D eigenvalue weighted by Gasteiger charge is -2.44. The first-order chi connectivity index (χ1) is 34.8. The number of unbranched alkanes of at least 4 members (excludes halogenated alkanes) is 3. The van der Waals surface area contributed by atoms with Gasteiger partial charge in [0.15, 0.2) is 0 Å². The zero-order chi connectivity index (χ0) is 50.5. The normalized spacial score (nSPS) is 18.2. The number of rotatable bonds is 17. The Balaban J connectivity index is 0.749. The van der Waals surface area contributed by atoms with Gasteiger partial charge in [0.25, 0.3) is 11.8 Å². The third kappa shape index (κ3) is 10.8. The number of fused-ring (bicyclic) bond motifs is 2. The third-order valence-electron chi connectivity index (χ3n) is 14.9. The first kappa shape index (κ1) is 49.7. The number of benzene rings is 2. The second kappa shape index (κ2) is 21.6. The molecule has 0 aliphatic carbocycles. The summed E-state index contributed by atoms with van der Waals surface area (Å²) in [4.78, 5) is 77.4. The van der Waals surface area contributed by atoms with Crippen LogP contribution in [0.4, 0.5) is 14.6 Å². The first-order valence-corrected chi connectivity index (χ1v) is 25.1. The number of hydrogen-bond donors (Lipinski definition) is 2. The van der Waals surface area contributed by atoms with Crippen LogP contribution < -0.4 is 20.3 Å². The Kier molecular flexibility index (Phi) is 14.9. The SMILES string of the molecule is CCOc1cc(-c2ccc(N3CCC(CN(C)C(=O)CCCCCCN4CCC(c5ccc6c(c5)C(=O)N(C5CCC(=O)NC5=O)C6)CC4)(NC(=O)c4cc(F)ccc4F)CC3)nc2)c2c(C#N)cnn2c1. The van der Waals surface area contributed by atoms with Gasteiger partial charge in [-0.15, -0.1) is 0 Å². The highest BCUT2D eigenvalue weighted by molar-refractivity contribution is 6.05. The quantitative estimate of drug-likeness (QED) is 0.0741. The zero-order valence-corrected chi connectivity index (χ0v) is 40.8. The number of nitrogens with one attached hydrogen (secondary N) is 2. The summed E-state index contributed by atoms with van der Waals surface area (Å²) >= 11 is 0. The molecule has 0 spiro atoms. The number of likely N-dealkylation sites (N-methyl/N-ethyl adjacent to an activating group) is 1. The molecule has 18 heteroatoms. The molecule has 3 fully saturated rings. The van der Waals surface area contributed by atoms with Crippen molar-refractivity contribution in [1.82, 2.24) is 39.9 Å². The molecule has 2 aromatic carbocycles. The van der Waals surface area contributed by atoms with E-state index in [9.17, 15) is 38.0 Å². The van der Waals surface area contributed by atoms with Crippen molar-refractivity contribution in [2.45, 2.75) is 102 Å². The van der Waals surface area contributed by atoms with Crippen LogP contribution in [0.5, 0.6) is 5.75 Å². The molecule has 7 heterocycles. The van der Waals surface area contributed by atoms with Crippen LogP contribution in [0, 0.1) is 23.0 Å². The zero-order valence-electron chi connectivity index (χ0n) is 40.8. The summed E-state index contributed by atoms with van der Waals surface area (Å²) in [5, 5.41) is 19.5. The molecular weight excluding hydrogens is 923 g/mol. The predicted molar refractivity (Wildman–Crippen MR) is 264 cm³/mol. The average Bonchev–Trinajstić information content (AvgIpc) is 3.95. The highest BCUT2D eigenvalue weighted by Gasteiger charge is 2.41. The van der Waals surface area contributed by atoms with Crippen molar-refractivity contribution < 1.29 is 37.5 Å². The van der Waals surface area contributed by atoms with Crippen molar-refractivity contribution in [3.63, 3.8) is 0 Å². The number of imide groups is 1. The molecule has 5 amide bonds. The number of pyridine rings is 2. The summed E-state index contributed by atoms with van der Waals surface area (Å²) in [7, 11) is 1.72. The van der Waals surface area contributed by atoms with Gasteiger partial charge in [0.2, 0.25) is 17.7 Å². The summed E-state index contributed by atoms with van der Waals surface area (Å²) in [5.74, 6) is -1.57. The van der Waals surface area contributed by atoms with Crippen LogP contribution in [0.2, 0.25) is 0 Å². The summed E-state index contributed by atoms with van der Waals surface area (Å²) in [6.45, 7) is 6.72. The molecule has 3 saturated heterocycles. The molecule has 0 radical (unpaired) electrons. The standard InChI is InChI=1S/C54H60F2N10O6/c1-3-72-41-28-42(50-39(29-57)31-59-66(50)33-41)37-11-15-47(58-30-37)64-24-19-54(20-25-64,61-51(69)44-27-40(55)12-13-45(44)56)34-62(2)49(68)8-6-4-5-7-21-63-22-17-35(18-23-63)36-9-10-38-32-65(53(71)43(38)26-36)46-14-16-48(67)60-52(46)70/h9-13,15,26-28,30-31,33,35,46H,3-8,14,16-25,32,34H2,1-2H3,(H,61,69)(H,60,67,70). The third-order valence-corrected chi connectivity index (χ3v) is 14.9. The van der Waals surface area contributed by atoms with Gasteiger partial charge in [0, 0.05) is 69.0 Å². The molecule has 9 rings (SSSR count). The molecule has 72 heavy (non-hydrogen) atoms. The Morgan fingerprint density at radius 2 is 1.74 bits per heavy atom. The highest BCUT2D eigenvalue weighted by atomic mass is 19.1. The van der Waals surface area contributed by atoms with Crippen LogP contribution in [-0.2, 0) is 20.9 Å². The number of ether oxygens (including phenoxy) is 1. The smallest absolute Gasteiger partial charge is 0.255 e. The number of likely N-dealkylation sites (tertiary alicyclic amines) is 1. The van der Waals surface area contributed by atoms with Crippen molar-refractivity contribution in [3.05, 3.63) is 113 Å². The molecule has 0 saturated carbocycles. The second-order valence-electron chi connectivity index (χ2n) is 19.6. The van der Waals surface area contributed by atoms with E-state index in [0.717, 1.165) is 92.2 Å². The maximum atomic E-state index is 14.9. The molecule has 4 aliphatic heterocycles. The number of amides is 5. The summed E-state index contributed by atoms with van der Waals surface area (Å²) < 4.78 is 36.5. The molecule has 376 valence electrons. The lowest BCUT2D eigenvalue weighted by Crippen LogP contribution is -2.61. The van der Waals surface area contributed by atoms with Gasteiger partial charge in [-0.1, -0.05) is 25.0 Å². The Bertz CT molecular complexity index is 2900. The van der Waals surface area contributed by atoms with E-state index in [0.29, 0.717) is 92.5 Å². The minimum atomic E-state index is -0.929. The number of carbonyl (C=O) groups excluding carboxylic acids is 5. The van der Waals surface area contributed by atoms with Crippen molar-refractivity contribution in [1.29, 1.82) is 5.26 Å². The van der Waals surface area contributed by atoms with E-state index in [1.807, 2.05) is 37.3 Å². The van der Waals surface area contributed by atoms with Crippen molar-refractivity contribution in [2.24, 2.45) is 0 Å². The molecule has 0 bridgehead atoms. The largest absolute Gasteiger partial charge is 0.492 e. The lowest BCUT2D eigenvalue weighted by atomic mass is 9.86. The van der Waals surface area contributed by atoms with Gasteiger partial charge in [-0.05, 0) is 131 Å². The fourth-order valence-corrected chi connectivity index (χ4v) is 10.9. The minimum absolute atomic E-state index is 0.0560. The fraction of sp³-hybridized carbons (Fsp3) is 0.444. The monoisotopic (exact) mass is 982 g/mol. The van der Waals surface area contributed by atoms with Gasteiger partial charge in [-0.25, -0.2) is 18.3 Å². The highest BCUT2D eigenvalue weighted by Crippen LogP contribution is 2.36. The Labute approximate surface area is 417 Å². The second-order valence-corrected chi connectivity index (χ2v) is 19.6. The van der Waals surface area contributed by atoms with E-state index in [1.54, 1.807) is 33.8 Å². The summed E-state index contributed by atoms with van der Waals surface area (Å²) in [5.41, 5.74) is 3.98. The number of carbonyl (C=O) groups is 5. The predicted octanol–water partition coefficient (Wildman–Crippen LogP) is 6.76. The van der Waals surface area contributed by atoms with E-state index in [4.69, 9.17) is 9.72 Å². The van der Waals surface area contributed by atoms with Crippen molar-refractivity contribution >= 4 is 40.9 Å². The summed E-state index contributed by atoms with van der Waals surface area (Å²) in [6, 6.07) is 16.2. The number of halogens is 2. The molecule has 2 N–H and O–H groups in total. The van der Waals surface area contributed by atoms with E-state index in [-0.39, 0.29) is 30.7 Å². The average molecular weight is 983 g/mol. The molecule has 1 atom stereocenters. The molecule has 1 unspecified atom stereocenters. The van der Waals surface area contributed by atoms with Gasteiger partial charge in [0.1, 0.15) is 35.3 Å². The van der Waals surface area contributed by atoms with Crippen LogP contribution in [0.25, 0.3) is 16.6 Å². The number of aromatic nitrogens is 3. The summed E-state index contributed by atoms with van der Waals surface area (Å²) in [6.07, 6.45) is 12.3. The number of hydrogen-bond acceptors (Lipinski definition) is 11. The van der Waals surface area contributed by atoms with E-state index in [1.165, 1.54) is 6.20 Å². The number of piperidine rings is 3. The fourth-order valence-electron chi connectivity index (χ4n) is 10.9. The number of nitrogens with zero attached hydrogens (tertiary/aromatic N) is 8. The number of nitriles is 1. The lowest BCUT2D eigenvalue weighted by molar-refractivity contribution is -0.137. The van der Waals surface area contributed by atoms with Gasteiger partial charge < -0.3 is 29.7 Å². The van der Waals surface area contributed by atoms with Crippen LogP contribution in [0.3, 0.4) is 0 Å². The van der Waals surface area contributed by atoms with Crippen LogP contribution in [0.1, 0.15) is 121 Å². The van der Waals surface area contributed by atoms with Crippen LogP contribution in [0.15, 0.2) is 73.2 Å². The molecule has 3 aromatic heterocycles. The van der Waals surface area contributed by atoms with Crippen LogP contribution in [-0.4, -0.2) is 123 Å².